The first-order valence-corrected chi connectivity index (χ1v) is 2.85. The smallest absolute Gasteiger partial charge is 0.244 e. The number of hydrogen-bond donors (Lipinski definition) is 1. The fourth-order valence-corrected chi connectivity index (χ4v) is 0.790. The van der Waals surface area contributed by atoms with Gasteiger partial charge < -0.3 is 0 Å². The number of nitrogens with one attached hydrogen (secondary N) is 1. The van der Waals surface area contributed by atoms with Crippen LogP contribution in [0.4, 0.5) is 4.39 Å². The molecule has 11 heavy (non-hydrogen) atoms. The van der Waals surface area contributed by atoms with E-state index in [-0.39, 0.29) is 5.65 Å². The highest BCUT2D eigenvalue weighted by atomic mass is 19.1. The molecule has 0 saturated carbocycles. The van der Waals surface area contributed by atoms with E-state index in [1.807, 2.05) is 0 Å². The average Bonchev–Trinajstić information content (AvgIpc) is 2.27. The van der Waals surface area contributed by atoms with Crippen LogP contribution in [0.25, 0.3) is 5.65 Å². The molecule has 0 aliphatic carbocycles. The van der Waals surface area contributed by atoms with E-state index in [1.165, 1.54) is 4.52 Å². The Morgan fingerprint density at radius 3 is 3.27 bits per heavy atom. The van der Waals surface area contributed by atoms with Crippen LogP contribution in [0.15, 0.2) is 17.2 Å². The topological polar surface area (TPSA) is 63.1 Å². The third kappa shape index (κ3) is 0.878. The Morgan fingerprint density at radius 1 is 1.64 bits per heavy atom. The van der Waals surface area contributed by atoms with Gasteiger partial charge in [0.1, 0.15) is 6.33 Å². The number of nitrogens with zero attached hydrogens (tertiary/aromatic N) is 3. The molecule has 0 spiro atoms. The summed E-state index contributed by atoms with van der Waals surface area (Å²) in [6.45, 7) is 0. The number of fused-ring (bicyclic) bond motifs is 1. The number of rotatable bonds is 0. The molecule has 5 nitrogen and oxygen atoms in total. The largest absolute Gasteiger partial charge is 0.362 e. The minimum absolute atomic E-state index is 0.225. The minimum atomic E-state index is -0.656. The van der Waals surface area contributed by atoms with Gasteiger partial charge in [-0.15, -0.1) is 0 Å². The lowest BCUT2D eigenvalue weighted by Crippen LogP contribution is -2.01. The first kappa shape index (κ1) is 6.02. The predicted octanol–water partition coefficient (Wildman–Crippen LogP) is -0.443. The van der Waals surface area contributed by atoms with Crippen molar-refractivity contribution in [2.24, 2.45) is 0 Å². The molecule has 0 aliphatic rings. The highest BCUT2D eigenvalue weighted by Crippen LogP contribution is 1.94. The minimum Gasteiger partial charge on any atom is -0.244 e. The third-order valence-corrected chi connectivity index (χ3v) is 1.22. The first-order chi connectivity index (χ1) is 5.25. The molecule has 0 aromatic carbocycles. The summed E-state index contributed by atoms with van der Waals surface area (Å²) >= 11 is 0. The zero-order valence-corrected chi connectivity index (χ0v) is 5.28. The molecular weight excluding hydrogens is 151 g/mol. The van der Waals surface area contributed by atoms with E-state index in [4.69, 9.17) is 0 Å². The van der Waals surface area contributed by atoms with Crippen LogP contribution in [0.5, 0.6) is 0 Å². The summed E-state index contributed by atoms with van der Waals surface area (Å²) in [4.78, 5) is 17.3. The molecule has 0 atom stereocenters. The second-order valence-electron chi connectivity index (χ2n) is 1.97. The van der Waals surface area contributed by atoms with Crippen molar-refractivity contribution in [2.75, 3.05) is 0 Å². The fraction of sp³-hybridized carbons (Fsp3) is 0. The molecule has 6 heteroatoms. The molecule has 0 bridgehead atoms. The van der Waals surface area contributed by atoms with E-state index < -0.39 is 11.6 Å². The summed E-state index contributed by atoms with van der Waals surface area (Å²) in [7, 11) is 0. The number of aromatic amines is 1. The zero-order chi connectivity index (χ0) is 7.84. The van der Waals surface area contributed by atoms with Crippen molar-refractivity contribution in [1.82, 2.24) is 19.6 Å². The SMILES string of the molecule is O=c1nc2cc(F)ncn2[nH]1. The third-order valence-electron chi connectivity index (χ3n) is 1.22. The lowest BCUT2D eigenvalue weighted by Gasteiger charge is -1.88. The molecule has 0 fully saturated rings. The van der Waals surface area contributed by atoms with Crippen molar-refractivity contribution in [3.8, 4) is 0 Å². The van der Waals surface area contributed by atoms with E-state index in [0.717, 1.165) is 12.4 Å². The van der Waals surface area contributed by atoms with E-state index in [0.29, 0.717) is 0 Å². The predicted molar refractivity (Wildman–Crippen MR) is 33.6 cm³/mol. The van der Waals surface area contributed by atoms with Crippen molar-refractivity contribution in [3.05, 3.63) is 28.8 Å². The number of H-pyrrole nitrogens is 1. The molecule has 0 radical (unpaired) electrons. The van der Waals surface area contributed by atoms with Crippen molar-refractivity contribution in [2.45, 2.75) is 0 Å². The van der Waals surface area contributed by atoms with Crippen LogP contribution in [0.3, 0.4) is 0 Å². The summed E-state index contributed by atoms with van der Waals surface area (Å²) < 4.78 is 13.6. The van der Waals surface area contributed by atoms with Crippen LogP contribution in [-0.4, -0.2) is 19.6 Å². The molecular formula is C5H3FN4O. The van der Waals surface area contributed by atoms with E-state index in [2.05, 4.69) is 15.1 Å². The Morgan fingerprint density at radius 2 is 2.45 bits per heavy atom. The highest BCUT2D eigenvalue weighted by Gasteiger charge is 1.98. The van der Waals surface area contributed by atoms with E-state index in [9.17, 15) is 9.18 Å². The summed E-state index contributed by atoms with van der Waals surface area (Å²) in [5.41, 5.74) is -0.292. The lowest BCUT2D eigenvalue weighted by molar-refractivity contribution is 0.577. The first-order valence-electron chi connectivity index (χ1n) is 2.85. The van der Waals surface area contributed by atoms with Gasteiger partial charge in [0.05, 0.1) is 0 Å². The molecule has 2 heterocycles. The van der Waals surface area contributed by atoms with Gasteiger partial charge in [-0.1, -0.05) is 0 Å². The normalized spacial score (nSPS) is 10.6. The van der Waals surface area contributed by atoms with Gasteiger partial charge in [-0.05, 0) is 0 Å². The van der Waals surface area contributed by atoms with Crippen LogP contribution >= 0.6 is 0 Å². The Hall–Kier alpha value is -1.72. The molecule has 0 saturated heterocycles. The zero-order valence-electron chi connectivity index (χ0n) is 5.28. The molecule has 2 rings (SSSR count). The summed E-state index contributed by atoms with van der Waals surface area (Å²) in [5.74, 6) is -0.656. The Labute approximate surface area is 59.5 Å². The van der Waals surface area contributed by atoms with Crippen LogP contribution in [0.2, 0.25) is 0 Å². The standard InChI is InChI=1S/C5H3FN4O/c6-3-1-4-8-5(11)9-10(4)2-7-3/h1-2H,(H,9,11). The summed E-state index contributed by atoms with van der Waals surface area (Å²) in [6, 6.07) is 1.07. The van der Waals surface area contributed by atoms with Gasteiger partial charge in [0.15, 0.2) is 5.65 Å². The van der Waals surface area contributed by atoms with Crippen LogP contribution in [0.1, 0.15) is 0 Å². The maximum atomic E-state index is 12.4. The van der Waals surface area contributed by atoms with Crippen LogP contribution in [0, 0.1) is 5.95 Å². The molecule has 2 aromatic heterocycles. The Bertz CT molecular complexity index is 445. The molecule has 0 unspecified atom stereocenters. The van der Waals surface area contributed by atoms with E-state index >= 15 is 0 Å². The van der Waals surface area contributed by atoms with Gasteiger partial charge in [0.25, 0.3) is 0 Å². The number of halogens is 1. The maximum Gasteiger partial charge on any atom is 0.362 e. The van der Waals surface area contributed by atoms with E-state index in [1.54, 1.807) is 0 Å². The number of hydrogen-bond acceptors (Lipinski definition) is 3. The monoisotopic (exact) mass is 154 g/mol. The molecule has 0 aliphatic heterocycles. The van der Waals surface area contributed by atoms with Gasteiger partial charge in [0, 0.05) is 6.07 Å². The van der Waals surface area contributed by atoms with Crippen LogP contribution in [-0.2, 0) is 0 Å². The Balaban J connectivity index is 2.92. The molecule has 2 aromatic rings. The summed E-state index contributed by atoms with van der Waals surface area (Å²) in [6.07, 6.45) is 1.15. The van der Waals surface area contributed by atoms with Gasteiger partial charge >= 0.3 is 5.69 Å². The summed E-state index contributed by atoms with van der Waals surface area (Å²) in [5, 5.41) is 2.31. The highest BCUT2D eigenvalue weighted by molar-refractivity contribution is 5.33. The van der Waals surface area contributed by atoms with Gasteiger partial charge in [-0.2, -0.15) is 9.37 Å². The Kier molecular flexibility index (Phi) is 1.03. The number of aromatic nitrogens is 4. The van der Waals surface area contributed by atoms with Crippen molar-refractivity contribution in [3.63, 3.8) is 0 Å². The van der Waals surface area contributed by atoms with Gasteiger partial charge in [0.2, 0.25) is 5.95 Å². The lowest BCUT2D eigenvalue weighted by atomic mass is 10.6. The quantitative estimate of drug-likeness (QED) is 0.523. The fourth-order valence-electron chi connectivity index (χ4n) is 0.790. The van der Waals surface area contributed by atoms with Gasteiger partial charge in [-0.25, -0.2) is 19.4 Å². The van der Waals surface area contributed by atoms with Gasteiger partial charge in [-0.3, -0.25) is 0 Å². The molecule has 56 valence electrons. The average molecular weight is 154 g/mol. The van der Waals surface area contributed by atoms with Crippen molar-refractivity contribution in [1.29, 1.82) is 0 Å². The van der Waals surface area contributed by atoms with Crippen molar-refractivity contribution < 1.29 is 4.39 Å². The molecule has 1 N–H and O–H groups in total. The van der Waals surface area contributed by atoms with Crippen molar-refractivity contribution >= 4 is 5.65 Å². The molecule has 0 amide bonds. The second kappa shape index (κ2) is 1.88. The van der Waals surface area contributed by atoms with Crippen LogP contribution < -0.4 is 5.69 Å². The second-order valence-corrected chi connectivity index (χ2v) is 1.97. The maximum absolute atomic E-state index is 12.4.